The Hall–Kier alpha value is -2.35. The quantitative estimate of drug-likeness (QED) is 0.443. The van der Waals surface area contributed by atoms with E-state index in [1.54, 1.807) is 43.5 Å². The summed E-state index contributed by atoms with van der Waals surface area (Å²) in [6, 6.07) is 14.1. The molecule has 1 N–H and O–H groups in total. The Morgan fingerprint density at radius 2 is 1.79 bits per heavy atom. The highest BCUT2D eigenvalue weighted by Crippen LogP contribution is 2.21. The number of benzene rings is 2. The van der Waals surface area contributed by atoms with Gasteiger partial charge in [0.25, 0.3) is 5.91 Å². The Kier molecular flexibility index (Phi) is 6.36. The van der Waals surface area contributed by atoms with Crippen molar-refractivity contribution in [2.45, 2.75) is 0 Å². The van der Waals surface area contributed by atoms with Crippen LogP contribution in [-0.4, -0.2) is 26.1 Å². The van der Waals surface area contributed by atoms with Gasteiger partial charge in [0.1, 0.15) is 11.4 Å². The second-order valence-electron chi connectivity index (χ2n) is 4.76. The topological polar surface area (TPSA) is 64.6 Å². The van der Waals surface area contributed by atoms with E-state index in [4.69, 9.17) is 9.47 Å². The molecule has 0 spiro atoms. The van der Waals surface area contributed by atoms with E-state index in [0.717, 1.165) is 9.13 Å². The van der Waals surface area contributed by atoms with Gasteiger partial charge >= 0.3 is 5.97 Å². The fourth-order valence-corrected chi connectivity index (χ4v) is 2.45. The van der Waals surface area contributed by atoms with Gasteiger partial charge in [-0.1, -0.05) is 18.2 Å². The van der Waals surface area contributed by atoms with E-state index in [9.17, 15) is 9.59 Å². The standard InChI is InChI=1S/C18H16INO4/c1-23-14-8-9-15(19)13(10-14)11-16(18(22)24-2)20-17(21)12-6-4-3-5-7-12/h3-11H,1-2H3,(H,20,21)/b16-11-. The van der Waals surface area contributed by atoms with Crippen LogP contribution >= 0.6 is 22.6 Å². The fourth-order valence-electron chi connectivity index (χ4n) is 1.95. The summed E-state index contributed by atoms with van der Waals surface area (Å²) in [6.07, 6.45) is 1.57. The highest BCUT2D eigenvalue weighted by Gasteiger charge is 2.15. The Labute approximate surface area is 153 Å². The maximum atomic E-state index is 12.3. The average molecular weight is 437 g/mol. The first-order chi connectivity index (χ1) is 11.5. The molecule has 0 saturated carbocycles. The molecule has 24 heavy (non-hydrogen) atoms. The van der Waals surface area contributed by atoms with Crippen molar-refractivity contribution in [3.8, 4) is 5.75 Å². The third-order valence-corrected chi connectivity index (χ3v) is 4.17. The van der Waals surface area contributed by atoms with Gasteiger partial charge in [0, 0.05) is 9.13 Å². The Morgan fingerprint density at radius 3 is 2.42 bits per heavy atom. The van der Waals surface area contributed by atoms with Crippen LogP contribution in [-0.2, 0) is 9.53 Å². The molecule has 124 valence electrons. The van der Waals surface area contributed by atoms with Crippen LogP contribution in [0.25, 0.3) is 6.08 Å². The molecule has 0 saturated heterocycles. The van der Waals surface area contributed by atoms with Gasteiger partial charge in [0.2, 0.25) is 0 Å². The highest BCUT2D eigenvalue weighted by atomic mass is 127. The van der Waals surface area contributed by atoms with Crippen LogP contribution in [0, 0.1) is 3.57 Å². The molecule has 5 nitrogen and oxygen atoms in total. The van der Waals surface area contributed by atoms with Crippen LogP contribution < -0.4 is 10.1 Å². The molecule has 0 radical (unpaired) electrons. The van der Waals surface area contributed by atoms with Gasteiger partial charge in [-0.15, -0.1) is 0 Å². The number of amides is 1. The molecule has 0 heterocycles. The number of carbonyl (C=O) groups is 2. The lowest BCUT2D eigenvalue weighted by molar-refractivity contribution is -0.136. The van der Waals surface area contributed by atoms with Gasteiger partial charge < -0.3 is 14.8 Å². The van der Waals surface area contributed by atoms with Crippen LogP contribution in [0.2, 0.25) is 0 Å². The number of esters is 1. The van der Waals surface area contributed by atoms with E-state index in [0.29, 0.717) is 11.3 Å². The molecule has 0 atom stereocenters. The number of halogens is 1. The monoisotopic (exact) mass is 437 g/mol. The number of hydrogen-bond donors (Lipinski definition) is 1. The van der Waals surface area contributed by atoms with Gasteiger partial charge in [-0.3, -0.25) is 4.79 Å². The lowest BCUT2D eigenvalue weighted by Crippen LogP contribution is -2.28. The molecule has 0 aromatic heterocycles. The van der Waals surface area contributed by atoms with E-state index in [2.05, 4.69) is 27.9 Å². The third kappa shape index (κ3) is 4.58. The maximum absolute atomic E-state index is 12.3. The predicted molar refractivity (Wildman–Crippen MR) is 99.6 cm³/mol. The second-order valence-corrected chi connectivity index (χ2v) is 5.92. The molecule has 0 fully saturated rings. The van der Waals surface area contributed by atoms with Crippen molar-refractivity contribution in [1.82, 2.24) is 5.32 Å². The molecule has 0 unspecified atom stereocenters. The first-order valence-corrected chi connectivity index (χ1v) is 8.13. The van der Waals surface area contributed by atoms with Gasteiger partial charge in [0.15, 0.2) is 0 Å². The summed E-state index contributed by atoms with van der Waals surface area (Å²) >= 11 is 2.14. The number of rotatable bonds is 5. The predicted octanol–water partition coefficient (Wildman–Crippen LogP) is 3.24. The minimum absolute atomic E-state index is 0.0533. The zero-order chi connectivity index (χ0) is 17.5. The second kappa shape index (κ2) is 8.49. The highest BCUT2D eigenvalue weighted by molar-refractivity contribution is 14.1. The first kappa shape index (κ1) is 18.0. The smallest absolute Gasteiger partial charge is 0.354 e. The molecule has 0 aliphatic carbocycles. The third-order valence-electron chi connectivity index (χ3n) is 3.19. The van der Waals surface area contributed by atoms with Crippen LogP contribution in [0.3, 0.4) is 0 Å². The van der Waals surface area contributed by atoms with E-state index in [1.165, 1.54) is 7.11 Å². The molecule has 0 bridgehead atoms. The summed E-state index contributed by atoms with van der Waals surface area (Å²) in [5.74, 6) is -0.358. The van der Waals surface area contributed by atoms with Crippen molar-refractivity contribution in [3.05, 3.63) is 68.9 Å². The molecule has 2 rings (SSSR count). The number of carbonyl (C=O) groups excluding carboxylic acids is 2. The van der Waals surface area contributed by atoms with Crippen molar-refractivity contribution >= 4 is 40.5 Å². The first-order valence-electron chi connectivity index (χ1n) is 7.05. The molecule has 2 aromatic rings. The van der Waals surface area contributed by atoms with Crippen molar-refractivity contribution in [2.24, 2.45) is 0 Å². The largest absolute Gasteiger partial charge is 0.497 e. The van der Waals surface area contributed by atoms with E-state index < -0.39 is 5.97 Å². The lowest BCUT2D eigenvalue weighted by Gasteiger charge is -2.10. The number of methoxy groups -OCH3 is 2. The normalized spacial score (nSPS) is 10.9. The van der Waals surface area contributed by atoms with E-state index in [1.807, 2.05) is 18.2 Å². The average Bonchev–Trinajstić information content (AvgIpc) is 2.62. The zero-order valence-electron chi connectivity index (χ0n) is 13.2. The SMILES string of the molecule is COC(=O)/C(=C/c1cc(OC)ccc1I)NC(=O)c1ccccc1. The molecule has 0 aliphatic heterocycles. The van der Waals surface area contributed by atoms with Crippen molar-refractivity contribution in [2.75, 3.05) is 14.2 Å². The minimum atomic E-state index is -0.627. The van der Waals surface area contributed by atoms with Crippen LogP contribution in [0.5, 0.6) is 5.75 Å². The van der Waals surface area contributed by atoms with Gasteiger partial charge in [-0.2, -0.15) is 0 Å². The van der Waals surface area contributed by atoms with Crippen LogP contribution in [0.4, 0.5) is 0 Å². The minimum Gasteiger partial charge on any atom is -0.497 e. The molecule has 1 amide bonds. The van der Waals surface area contributed by atoms with E-state index >= 15 is 0 Å². The van der Waals surface area contributed by atoms with Crippen LogP contribution in [0.15, 0.2) is 54.2 Å². The van der Waals surface area contributed by atoms with Crippen molar-refractivity contribution < 1.29 is 19.1 Å². The van der Waals surface area contributed by atoms with Crippen molar-refractivity contribution in [3.63, 3.8) is 0 Å². The van der Waals surface area contributed by atoms with Gasteiger partial charge in [-0.25, -0.2) is 4.79 Å². The molecular weight excluding hydrogens is 421 g/mol. The van der Waals surface area contributed by atoms with Gasteiger partial charge in [0.05, 0.1) is 14.2 Å². The molecule has 6 heteroatoms. The summed E-state index contributed by atoms with van der Waals surface area (Å²) in [5.41, 5.74) is 1.24. The Balaban J connectivity index is 2.35. The van der Waals surface area contributed by atoms with Gasteiger partial charge in [-0.05, 0) is 64.6 Å². The van der Waals surface area contributed by atoms with Crippen LogP contribution in [0.1, 0.15) is 15.9 Å². The summed E-state index contributed by atoms with van der Waals surface area (Å²) in [5, 5.41) is 2.60. The molecular formula is C18H16INO4. The molecule has 0 aliphatic rings. The molecule has 2 aromatic carbocycles. The number of nitrogens with one attached hydrogen (secondary N) is 1. The van der Waals surface area contributed by atoms with Crippen molar-refractivity contribution in [1.29, 1.82) is 0 Å². The summed E-state index contributed by atoms with van der Waals surface area (Å²) in [7, 11) is 2.83. The number of ether oxygens (including phenoxy) is 2. The number of hydrogen-bond acceptors (Lipinski definition) is 4. The zero-order valence-corrected chi connectivity index (χ0v) is 15.4. The van der Waals surface area contributed by atoms with E-state index in [-0.39, 0.29) is 11.6 Å². The fraction of sp³-hybridized carbons (Fsp3) is 0.111. The Morgan fingerprint density at radius 1 is 1.08 bits per heavy atom. The summed E-state index contributed by atoms with van der Waals surface area (Å²) in [6.45, 7) is 0. The lowest BCUT2D eigenvalue weighted by atomic mass is 10.1. The maximum Gasteiger partial charge on any atom is 0.354 e. The summed E-state index contributed by atoms with van der Waals surface area (Å²) in [4.78, 5) is 24.3. The Bertz CT molecular complexity index is 772. The summed E-state index contributed by atoms with van der Waals surface area (Å²) < 4.78 is 10.9.